The largest absolute Gasteiger partial charge is 0.408 e. The van der Waals surface area contributed by atoms with Crippen LogP contribution in [-0.4, -0.2) is 38.3 Å². The topological polar surface area (TPSA) is 71.1 Å². The Kier molecular flexibility index (Phi) is 4.72. The third-order valence-electron chi connectivity index (χ3n) is 4.58. The molecule has 0 aliphatic carbocycles. The van der Waals surface area contributed by atoms with E-state index in [4.69, 9.17) is 4.74 Å². The fourth-order valence-electron chi connectivity index (χ4n) is 3.17. The fourth-order valence-corrected chi connectivity index (χ4v) is 3.17. The van der Waals surface area contributed by atoms with Gasteiger partial charge in [0.05, 0.1) is 11.7 Å². The van der Waals surface area contributed by atoms with Gasteiger partial charge < -0.3 is 4.74 Å². The maximum Gasteiger partial charge on any atom is 0.408 e. The second-order valence-electron chi connectivity index (χ2n) is 6.29. The summed E-state index contributed by atoms with van der Waals surface area (Å²) < 4.78 is 46.2. The third kappa shape index (κ3) is 3.63. The Labute approximate surface area is 140 Å². The summed E-state index contributed by atoms with van der Waals surface area (Å²) >= 11 is 0. The number of ether oxygens (including phenoxy) is 1. The molecule has 2 aromatic rings. The highest BCUT2D eigenvalue weighted by Crippen LogP contribution is 2.20. The predicted octanol–water partition coefficient (Wildman–Crippen LogP) is 1.28. The van der Waals surface area contributed by atoms with Crippen LogP contribution in [0.1, 0.15) is 19.3 Å². The highest BCUT2D eigenvalue weighted by molar-refractivity contribution is 5.73. The van der Waals surface area contributed by atoms with Crippen molar-refractivity contribution in [2.45, 2.75) is 38.5 Å². The quantitative estimate of drug-likeness (QED) is 0.823. The molecule has 0 amide bonds. The van der Waals surface area contributed by atoms with E-state index in [-0.39, 0.29) is 17.6 Å². The van der Waals surface area contributed by atoms with Crippen LogP contribution in [0.5, 0.6) is 0 Å². The lowest BCUT2D eigenvalue weighted by Crippen LogP contribution is -2.40. The Morgan fingerprint density at radius 1 is 1.28 bits per heavy atom. The van der Waals surface area contributed by atoms with Crippen molar-refractivity contribution in [3.8, 4) is 0 Å². The minimum atomic E-state index is -4.51. The first kappa shape index (κ1) is 17.7. The lowest BCUT2D eigenvalue weighted by Gasteiger charge is -2.22. The molecule has 1 saturated heterocycles. The summed E-state index contributed by atoms with van der Waals surface area (Å²) in [5.74, 6) is 0.334. The van der Waals surface area contributed by atoms with Crippen molar-refractivity contribution in [1.29, 1.82) is 0 Å². The van der Waals surface area contributed by atoms with Crippen LogP contribution in [0.4, 0.5) is 13.2 Å². The second kappa shape index (κ2) is 6.66. The molecule has 1 aliphatic rings. The van der Waals surface area contributed by atoms with Gasteiger partial charge in [0, 0.05) is 26.8 Å². The van der Waals surface area contributed by atoms with Crippen LogP contribution in [0.25, 0.3) is 11.0 Å². The zero-order chi connectivity index (χ0) is 18.2. The normalized spacial score (nSPS) is 16.6. The number of nitrogens with zero attached hydrogens (tertiary/aromatic N) is 4. The zero-order valence-electron chi connectivity index (χ0n) is 13.8. The van der Waals surface area contributed by atoms with E-state index in [1.54, 1.807) is 0 Å². The molecule has 3 heterocycles. The molecule has 0 aromatic carbocycles. The lowest BCUT2D eigenvalue weighted by atomic mass is 9.97. The Morgan fingerprint density at radius 3 is 2.60 bits per heavy atom. The maximum atomic E-state index is 12.7. The summed E-state index contributed by atoms with van der Waals surface area (Å²) in [5, 5.41) is 3.64. The molecule has 0 spiro atoms. The minimum absolute atomic E-state index is 0.0987. The number of aromatic nitrogens is 4. The van der Waals surface area contributed by atoms with Crippen LogP contribution < -0.4 is 11.2 Å². The smallest absolute Gasteiger partial charge is 0.381 e. The van der Waals surface area contributed by atoms with Gasteiger partial charge in [0.15, 0.2) is 5.52 Å². The van der Waals surface area contributed by atoms with Gasteiger partial charge >= 0.3 is 11.9 Å². The zero-order valence-corrected chi connectivity index (χ0v) is 13.8. The molecule has 0 unspecified atom stereocenters. The van der Waals surface area contributed by atoms with Crippen LogP contribution in [0.2, 0.25) is 0 Å². The highest BCUT2D eigenvalue weighted by Gasteiger charge is 2.30. The van der Waals surface area contributed by atoms with E-state index in [9.17, 15) is 22.8 Å². The first-order valence-corrected chi connectivity index (χ1v) is 8.08. The van der Waals surface area contributed by atoms with Gasteiger partial charge in [-0.05, 0) is 25.2 Å². The molecule has 0 atom stereocenters. The number of hydrogen-bond donors (Lipinski definition) is 0. The third-order valence-corrected chi connectivity index (χ3v) is 4.58. The van der Waals surface area contributed by atoms with E-state index >= 15 is 0 Å². The lowest BCUT2D eigenvalue weighted by molar-refractivity contribution is -0.141. The monoisotopic (exact) mass is 360 g/mol. The van der Waals surface area contributed by atoms with E-state index in [2.05, 4.69) is 5.10 Å². The van der Waals surface area contributed by atoms with Gasteiger partial charge in [-0.2, -0.15) is 18.3 Å². The van der Waals surface area contributed by atoms with Crippen LogP contribution in [-0.2, 0) is 24.9 Å². The van der Waals surface area contributed by atoms with E-state index in [0.29, 0.717) is 30.2 Å². The summed E-state index contributed by atoms with van der Waals surface area (Å²) in [7, 11) is 1.43. The van der Waals surface area contributed by atoms with E-state index in [1.807, 2.05) is 0 Å². The molecule has 0 bridgehead atoms. The second-order valence-corrected chi connectivity index (χ2v) is 6.29. The van der Waals surface area contributed by atoms with Crippen molar-refractivity contribution in [3.05, 3.63) is 27.0 Å². The van der Waals surface area contributed by atoms with Crippen LogP contribution in [0, 0.1) is 5.92 Å². The molecular weight excluding hydrogens is 341 g/mol. The van der Waals surface area contributed by atoms with Gasteiger partial charge in [0.2, 0.25) is 0 Å². The molecule has 7 nitrogen and oxygen atoms in total. The summed E-state index contributed by atoms with van der Waals surface area (Å²) in [5.41, 5.74) is -1.38. The molecule has 10 heteroatoms. The number of hydrogen-bond acceptors (Lipinski definition) is 4. The fraction of sp³-hybridized carbons (Fsp3) is 0.667. The van der Waals surface area contributed by atoms with E-state index in [0.717, 1.165) is 23.6 Å². The van der Waals surface area contributed by atoms with Gasteiger partial charge in [-0.3, -0.25) is 13.9 Å². The first-order valence-electron chi connectivity index (χ1n) is 8.08. The molecule has 0 radical (unpaired) electrons. The summed E-state index contributed by atoms with van der Waals surface area (Å²) in [6.07, 6.45) is -1.08. The number of fused-ring (bicyclic) bond motifs is 1. The van der Waals surface area contributed by atoms with Crippen molar-refractivity contribution < 1.29 is 17.9 Å². The average molecular weight is 360 g/mol. The van der Waals surface area contributed by atoms with Gasteiger partial charge in [0.25, 0.3) is 5.56 Å². The number of halogens is 3. The van der Waals surface area contributed by atoms with Crippen LogP contribution >= 0.6 is 0 Å². The number of rotatable bonds is 4. The Balaban J connectivity index is 1.98. The molecule has 0 N–H and O–H groups in total. The van der Waals surface area contributed by atoms with Gasteiger partial charge in [-0.25, -0.2) is 9.48 Å². The predicted molar refractivity (Wildman–Crippen MR) is 83.4 cm³/mol. The molecule has 1 aliphatic heterocycles. The molecule has 25 heavy (non-hydrogen) atoms. The maximum absolute atomic E-state index is 12.7. The standard InChI is InChI=1S/C15H19F3N4O3/c1-20-11-8-19-22(9-15(16,17)18)12(11)13(23)21(14(20)24)5-2-10-3-6-25-7-4-10/h8,10H,2-7,9H2,1H3. The SMILES string of the molecule is Cn1c(=O)n(CCC2CCOCC2)c(=O)c2c1cnn2CC(F)(F)F. The minimum Gasteiger partial charge on any atom is -0.381 e. The van der Waals surface area contributed by atoms with Crippen LogP contribution in [0.15, 0.2) is 15.8 Å². The van der Waals surface area contributed by atoms with Crippen molar-refractivity contribution in [2.24, 2.45) is 13.0 Å². The Hall–Kier alpha value is -2.10. The highest BCUT2D eigenvalue weighted by atomic mass is 19.4. The summed E-state index contributed by atoms with van der Waals surface area (Å²) in [4.78, 5) is 25.1. The Morgan fingerprint density at radius 2 is 1.96 bits per heavy atom. The summed E-state index contributed by atoms with van der Waals surface area (Å²) in [6, 6.07) is 0. The molecule has 3 rings (SSSR count). The van der Waals surface area contributed by atoms with Gasteiger partial charge in [-0.15, -0.1) is 0 Å². The molecule has 2 aromatic heterocycles. The summed E-state index contributed by atoms with van der Waals surface area (Å²) in [6.45, 7) is 0.0944. The van der Waals surface area contributed by atoms with Gasteiger partial charge in [0.1, 0.15) is 6.54 Å². The molecule has 0 saturated carbocycles. The first-order chi connectivity index (χ1) is 11.8. The molecule has 1 fully saturated rings. The number of aryl methyl sites for hydroxylation is 1. The van der Waals surface area contributed by atoms with Gasteiger partial charge in [-0.1, -0.05) is 0 Å². The molecule has 138 valence electrons. The Bertz CT molecular complexity index is 875. The van der Waals surface area contributed by atoms with Crippen LogP contribution in [0.3, 0.4) is 0 Å². The molecular formula is C15H19F3N4O3. The average Bonchev–Trinajstić information content (AvgIpc) is 2.95. The van der Waals surface area contributed by atoms with E-state index in [1.165, 1.54) is 11.6 Å². The van der Waals surface area contributed by atoms with Crippen molar-refractivity contribution in [2.75, 3.05) is 13.2 Å². The number of alkyl halides is 3. The van der Waals surface area contributed by atoms with Crippen molar-refractivity contribution in [1.82, 2.24) is 18.9 Å². The van der Waals surface area contributed by atoms with E-state index < -0.39 is 24.0 Å². The van der Waals surface area contributed by atoms with Crippen molar-refractivity contribution in [3.63, 3.8) is 0 Å². The van der Waals surface area contributed by atoms with Crippen molar-refractivity contribution >= 4 is 11.0 Å².